The molecule has 0 saturated heterocycles. The van der Waals surface area contributed by atoms with Gasteiger partial charge in [-0.25, -0.2) is 9.67 Å². The van der Waals surface area contributed by atoms with Crippen LogP contribution in [0.25, 0.3) is 6.20 Å². The van der Waals surface area contributed by atoms with Crippen molar-refractivity contribution in [2.45, 2.75) is 37.8 Å². The van der Waals surface area contributed by atoms with E-state index in [0.717, 1.165) is 5.69 Å². The fourth-order valence-corrected chi connectivity index (χ4v) is 2.57. The van der Waals surface area contributed by atoms with Crippen LogP contribution in [0.15, 0.2) is 17.6 Å². The fraction of sp³-hybridized carbons (Fsp3) is 0.538. The van der Waals surface area contributed by atoms with Crippen LogP contribution < -0.4 is 0 Å². The third kappa shape index (κ3) is 2.88. The van der Waals surface area contributed by atoms with Gasteiger partial charge >= 0.3 is 6.18 Å². The Bertz CT molecular complexity index is 442. The third-order valence-electron chi connectivity index (χ3n) is 3.68. The standard InChI is InChI=1S/C13H16F3N3/c1-3-19-12(17-2)8-11(18-19)9-4-6-10(7-5-9)13(14,15)16/h3,8-10H,1-2,4-7H2. The van der Waals surface area contributed by atoms with Gasteiger partial charge in [0.25, 0.3) is 0 Å². The number of nitrogens with zero attached hydrogens (tertiary/aromatic N) is 3. The molecule has 19 heavy (non-hydrogen) atoms. The zero-order chi connectivity index (χ0) is 14.0. The van der Waals surface area contributed by atoms with Crippen LogP contribution in [0.4, 0.5) is 19.0 Å². The summed E-state index contributed by atoms with van der Waals surface area (Å²) < 4.78 is 39.3. The first kappa shape index (κ1) is 13.8. The topological polar surface area (TPSA) is 30.2 Å². The normalized spacial score (nSPS) is 24.2. The monoisotopic (exact) mass is 271 g/mol. The molecular formula is C13H16F3N3. The molecule has 3 nitrogen and oxygen atoms in total. The molecule has 0 spiro atoms. The quantitative estimate of drug-likeness (QED) is 0.759. The van der Waals surface area contributed by atoms with Gasteiger partial charge in [0, 0.05) is 18.2 Å². The van der Waals surface area contributed by atoms with Crippen molar-refractivity contribution in [1.29, 1.82) is 0 Å². The summed E-state index contributed by atoms with van der Waals surface area (Å²) >= 11 is 0. The highest BCUT2D eigenvalue weighted by atomic mass is 19.4. The summed E-state index contributed by atoms with van der Waals surface area (Å²) in [7, 11) is 0. The molecule has 1 aromatic rings. The second-order valence-corrected chi connectivity index (χ2v) is 4.80. The largest absolute Gasteiger partial charge is 0.391 e. The molecular weight excluding hydrogens is 255 g/mol. The van der Waals surface area contributed by atoms with Gasteiger partial charge in [0.2, 0.25) is 0 Å². The number of hydrogen-bond acceptors (Lipinski definition) is 2. The van der Waals surface area contributed by atoms with E-state index in [1.54, 1.807) is 6.07 Å². The summed E-state index contributed by atoms with van der Waals surface area (Å²) in [4.78, 5) is 3.81. The summed E-state index contributed by atoms with van der Waals surface area (Å²) in [5.74, 6) is -0.523. The van der Waals surface area contributed by atoms with Crippen LogP contribution in [0.3, 0.4) is 0 Å². The Morgan fingerprint density at radius 1 is 1.32 bits per heavy atom. The molecule has 1 saturated carbocycles. The van der Waals surface area contributed by atoms with Crippen molar-refractivity contribution in [2.24, 2.45) is 10.9 Å². The molecule has 1 heterocycles. The highest BCUT2D eigenvalue weighted by Crippen LogP contribution is 2.42. The maximum absolute atomic E-state index is 12.6. The average Bonchev–Trinajstić information content (AvgIpc) is 2.81. The van der Waals surface area contributed by atoms with Gasteiger partial charge in [-0.05, 0) is 32.4 Å². The smallest absolute Gasteiger partial charge is 0.245 e. The van der Waals surface area contributed by atoms with Crippen LogP contribution >= 0.6 is 0 Å². The second kappa shape index (κ2) is 5.19. The number of aromatic nitrogens is 2. The Hall–Kier alpha value is -1.59. The Balaban J connectivity index is 2.07. The minimum Gasteiger partial charge on any atom is -0.245 e. The molecule has 104 valence electrons. The number of halogens is 3. The van der Waals surface area contributed by atoms with Gasteiger partial charge in [0.05, 0.1) is 11.6 Å². The predicted octanol–water partition coefficient (Wildman–Crippen LogP) is 4.15. The minimum absolute atomic E-state index is 0.0697. The van der Waals surface area contributed by atoms with Crippen LogP contribution in [0, 0.1) is 5.92 Å². The van der Waals surface area contributed by atoms with E-state index in [2.05, 4.69) is 23.4 Å². The summed E-state index contributed by atoms with van der Waals surface area (Å²) in [6.45, 7) is 7.04. The molecule has 6 heteroatoms. The first-order chi connectivity index (χ1) is 8.95. The lowest BCUT2D eigenvalue weighted by Crippen LogP contribution is -2.27. The molecule has 0 aromatic carbocycles. The highest BCUT2D eigenvalue weighted by Gasteiger charge is 2.41. The van der Waals surface area contributed by atoms with Crippen LogP contribution in [0.2, 0.25) is 0 Å². The maximum Gasteiger partial charge on any atom is 0.391 e. The minimum atomic E-state index is -4.07. The van der Waals surface area contributed by atoms with Crippen LogP contribution in [0.5, 0.6) is 0 Å². The lowest BCUT2D eigenvalue weighted by atomic mass is 9.80. The molecule has 0 radical (unpaired) electrons. The molecule has 0 N–H and O–H groups in total. The lowest BCUT2D eigenvalue weighted by molar-refractivity contribution is -0.182. The van der Waals surface area contributed by atoms with E-state index in [1.165, 1.54) is 10.9 Å². The fourth-order valence-electron chi connectivity index (χ4n) is 2.57. The van der Waals surface area contributed by atoms with Gasteiger partial charge in [0.15, 0.2) is 5.82 Å². The summed E-state index contributed by atoms with van der Waals surface area (Å²) in [6.07, 6.45) is -1.20. The average molecular weight is 271 g/mol. The van der Waals surface area contributed by atoms with Crippen molar-refractivity contribution >= 4 is 18.7 Å². The molecule has 1 aliphatic carbocycles. The van der Waals surface area contributed by atoms with Crippen LogP contribution in [-0.4, -0.2) is 22.7 Å². The Kier molecular flexibility index (Phi) is 3.78. The number of aliphatic imine (C=N–C) groups is 1. The maximum atomic E-state index is 12.6. The molecule has 1 fully saturated rings. The predicted molar refractivity (Wildman–Crippen MR) is 68.6 cm³/mol. The van der Waals surface area contributed by atoms with E-state index in [-0.39, 0.29) is 18.8 Å². The first-order valence-corrected chi connectivity index (χ1v) is 6.21. The highest BCUT2D eigenvalue weighted by molar-refractivity contribution is 5.45. The molecule has 0 atom stereocenters. The summed E-state index contributed by atoms with van der Waals surface area (Å²) in [5.41, 5.74) is 0.780. The number of alkyl halides is 3. The molecule has 0 aliphatic heterocycles. The van der Waals surface area contributed by atoms with Crippen LogP contribution in [0.1, 0.15) is 37.3 Å². The van der Waals surface area contributed by atoms with Crippen molar-refractivity contribution in [3.05, 3.63) is 18.3 Å². The first-order valence-electron chi connectivity index (χ1n) is 6.21. The van der Waals surface area contributed by atoms with E-state index < -0.39 is 12.1 Å². The molecule has 1 aromatic heterocycles. The van der Waals surface area contributed by atoms with Gasteiger partial charge in [-0.1, -0.05) is 6.58 Å². The van der Waals surface area contributed by atoms with Gasteiger partial charge < -0.3 is 0 Å². The van der Waals surface area contributed by atoms with Crippen molar-refractivity contribution in [3.63, 3.8) is 0 Å². The van der Waals surface area contributed by atoms with Gasteiger partial charge in [-0.3, -0.25) is 0 Å². The van der Waals surface area contributed by atoms with E-state index in [9.17, 15) is 13.2 Å². The number of rotatable bonds is 3. The Labute approximate surface area is 109 Å². The summed E-state index contributed by atoms with van der Waals surface area (Å²) in [6, 6.07) is 1.77. The van der Waals surface area contributed by atoms with E-state index >= 15 is 0 Å². The lowest BCUT2D eigenvalue weighted by Gasteiger charge is -2.28. The molecule has 1 aliphatic rings. The Morgan fingerprint density at radius 2 is 1.95 bits per heavy atom. The van der Waals surface area contributed by atoms with Crippen LogP contribution in [-0.2, 0) is 0 Å². The van der Waals surface area contributed by atoms with E-state index in [4.69, 9.17) is 0 Å². The van der Waals surface area contributed by atoms with Crippen molar-refractivity contribution in [2.75, 3.05) is 0 Å². The second-order valence-electron chi connectivity index (χ2n) is 4.80. The summed E-state index contributed by atoms with van der Waals surface area (Å²) in [5, 5.41) is 4.29. The van der Waals surface area contributed by atoms with Gasteiger partial charge in [0.1, 0.15) is 0 Å². The zero-order valence-electron chi connectivity index (χ0n) is 10.5. The van der Waals surface area contributed by atoms with Crippen molar-refractivity contribution in [3.8, 4) is 0 Å². The van der Waals surface area contributed by atoms with Crippen molar-refractivity contribution in [1.82, 2.24) is 9.78 Å². The molecule has 2 rings (SSSR count). The van der Waals surface area contributed by atoms with E-state index in [1.807, 2.05) is 0 Å². The molecule has 0 amide bonds. The Morgan fingerprint density at radius 3 is 2.37 bits per heavy atom. The zero-order valence-corrected chi connectivity index (χ0v) is 10.5. The third-order valence-corrected chi connectivity index (χ3v) is 3.68. The molecule has 0 bridgehead atoms. The van der Waals surface area contributed by atoms with Gasteiger partial charge in [-0.2, -0.15) is 18.3 Å². The van der Waals surface area contributed by atoms with Crippen molar-refractivity contribution < 1.29 is 13.2 Å². The molecule has 0 unspecified atom stereocenters. The number of hydrogen-bond donors (Lipinski definition) is 0. The van der Waals surface area contributed by atoms with E-state index in [0.29, 0.717) is 18.7 Å². The SMILES string of the molecule is C=Cn1nc(C2CCC(C(F)(F)F)CC2)cc1N=C. The van der Waals surface area contributed by atoms with Gasteiger partial charge in [-0.15, -0.1) is 0 Å².